The molecular weight excluding hydrogens is 519 g/mol. The molecule has 2 saturated carbocycles. The van der Waals surface area contributed by atoms with E-state index in [1.54, 1.807) is 4.68 Å². The van der Waals surface area contributed by atoms with Gasteiger partial charge < -0.3 is 24.3 Å². The Labute approximate surface area is 248 Å². The number of unbranched alkanes of at least 4 members (excludes halogenated alkanes) is 1. The molecule has 3 aliphatic rings. The van der Waals surface area contributed by atoms with Gasteiger partial charge in [-0.1, -0.05) is 98.8 Å². The molecule has 2 aromatic rings. The van der Waals surface area contributed by atoms with Crippen LogP contribution >= 0.6 is 0 Å². The molecule has 2 aliphatic carbocycles. The fraction of sp³-hybridized carbons (Fsp3) is 0.667. The summed E-state index contributed by atoms with van der Waals surface area (Å²) in [5.41, 5.74) is 3.75. The Morgan fingerprint density at radius 2 is 1.56 bits per heavy atom. The fourth-order valence-corrected chi connectivity index (χ4v) is 6.07. The van der Waals surface area contributed by atoms with Crippen LogP contribution in [-0.4, -0.2) is 20.6 Å². The summed E-state index contributed by atoms with van der Waals surface area (Å²) >= 11 is 0. The van der Waals surface area contributed by atoms with Crippen molar-refractivity contribution in [3.05, 3.63) is 55.9 Å². The normalized spacial score (nSPS) is 20.9. The van der Waals surface area contributed by atoms with Gasteiger partial charge in [0, 0.05) is 49.9 Å². The van der Waals surface area contributed by atoms with E-state index in [1.807, 2.05) is 24.3 Å². The minimum absolute atomic E-state index is 0. The van der Waals surface area contributed by atoms with Gasteiger partial charge in [-0.05, 0) is 43.7 Å². The summed E-state index contributed by atoms with van der Waals surface area (Å²) in [4.78, 5) is 7.40. The van der Waals surface area contributed by atoms with Crippen LogP contribution in [0, 0.1) is 18.8 Å². The Balaban J connectivity index is 0. The van der Waals surface area contributed by atoms with Crippen molar-refractivity contribution in [2.24, 2.45) is 11.3 Å². The van der Waals surface area contributed by atoms with Crippen LogP contribution in [0.1, 0.15) is 112 Å². The van der Waals surface area contributed by atoms with Crippen molar-refractivity contribution >= 4 is 11.0 Å². The summed E-state index contributed by atoms with van der Waals surface area (Å²) in [6.45, 7) is 14.0. The van der Waals surface area contributed by atoms with Gasteiger partial charge in [0.2, 0.25) is 0 Å². The summed E-state index contributed by atoms with van der Waals surface area (Å²) in [6.07, 6.45) is 14.7. The molecule has 0 bridgehead atoms. The maximum Gasteiger partial charge on any atom is 0.147 e. The van der Waals surface area contributed by atoms with Gasteiger partial charge in [0.05, 0.1) is 17.6 Å². The van der Waals surface area contributed by atoms with E-state index in [0.29, 0.717) is 11.5 Å². The van der Waals surface area contributed by atoms with E-state index in [-0.39, 0.29) is 53.7 Å². The first-order valence-corrected chi connectivity index (χ1v) is 13.2. The van der Waals surface area contributed by atoms with Gasteiger partial charge in [-0.2, -0.15) is 0 Å². The van der Waals surface area contributed by atoms with Crippen LogP contribution < -0.4 is 5.84 Å². The van der Waals surface area contributed by atoms with E-state index in [1.165, 1.54) is 76.3 Å². The van der Waals surface area contributed by atoms with Crippen LogP contribution in [-0.2, 0) is 39.3 Å². The molecule has 6 heteroatoms. The first kappa shape index (κ1) is 37.2. The summed E-state index contributed by atoms with van der Waals surface area (Å²) in [5.74, 6) is 8.13. The van der Waals surface area contributed by atoms with E-state index >= 15 is 0 Å². The van der Waals surface area contributed by atoms with Gasteiger partial charge >= 0.3 is 0 Å². The molecule has 1 aliphatic heterocycles. The number of hydrogen-bond donors (Lipinski definition) is 1. The zero-order valence-electron chi connectivity index (χ0n) is 23.2. The van der Waals surface area contributed by atoms with Crippen LogP contribution in [0.4, 0.5) is 0 Å². The predicted octanol–water partition coefficient (Wildman–Crippen LogP) is 9.22. The number of nitrogen functional groups attached to an aromatic ring is 1. The molecule has 3 fully saturated rings. The van der Waals surface area contributed by atoms with Gasteiger partial charge in [-0.25, -0.2) is 9.66 Å². The Hall–Kier alpha value is -0.906. The predicted molar refractivity (Wildman–Crippen MR) is 156 cm³/mol. The summed E-state index contributed by atoms with van der Waals surface area (Å²) in [7, 11) is 0. The maximum absolute atomic E-state index is 6.37. The average Bonchev–Trinajstić information content (AvgIpc) is 3.49. The molecule has 205 valence electrons. The Kier molecular flexibility index (Phi) is 18.2. The van der Waals surface area contributed by atoms with Crippen LogP contribution in [0.2, 0.25) is 0 Å². The number of nitrogens with two attached hydrogens (primary N) is 2. The van der Waals surface area contributed by atoms with Gasteiger partial charge in [0.15, 0.2) is 0 Å². The van der Waals surface area contributed by atoms with Gasteiger partial charge in [0.1, 0.15) is 5.82 Å². The summed E-state index contributed by atoms with van der Waals surface area (Å²) < 4.78 is 1.78. The third-order valence-corrected chi connectivity index (χ3v) is 7.74. The fourth-order valence-electron chi connectivity index (χ4n) is 6.07. The van der Waals surface area contributed by atoms with Gasteiger partial charge in [-0.15, -0.1) is 0 Å². The van der Waals surface area contributed by atoms with E-state index in [2.05, 4.69) is 39.2 Å². The first-order valence-electron chi connectivity index (χ1n) is 13.2. The van der Waals surface area contributed by atoms with E-state index in [0.717, 1.165) is 29.3 Å². The number of aromatic nitrogens is 2. The number of para-hydroxylation sites is 2. The number of likely N-dealkylation sites (tertiary alicyclic amines) is 1. The second-order valence-corrected chi connectivity index (χ2v) is 9.99. The standard InChI is InChI=1S/C21H28N4.C4H10.C3H8.CH4.CH3.H2N.Y/c1-15-21(12-6-7-13-21)16-8-2-4-10-18(16)24(15)14-20-23-17-9-3-5-11-19(17)25(20)22;1-3-4-2;1-3-2;;;;/h3,5,9,11,16,18H,1-2,4,6-8,10,12-14,22H2;3-4H2,1-2H3;3H2,1-2H3;1H4;1H3;1H2;/q;;;;2*-1;. The molecule has 1 saturated heterocycles. The molecule has 1 aromatic heterocycles. The van der Waals surface area contributed by atoms with Crippen LogP contribution in [0.25, 0.3) is 17.2 Å². The SMILES string of the molecule is C.C=C1N(Cc2nc3ccccc3n2N)C2CCCCC2C12CCCC2.CCC.CCCC.[CH3-].[NH2-].[Y]. The molecule has 5 rings (SSSR count). The van der Waals surface area contributed by atoms with E-state index in [9.17, 15) is 0 Å². The second kappa shape index (κ2) is 17.6. The largest absolute Gasteiger partial charge is 0.693 e. The molecule has 4 N–H and O–H groups in total. The molecule has 5 nitrogen and oxygen atoms in total. The number of hydrogen-bond acceptors (Lipinski definition) is 3. The molecule has 2 atom stereocenters. The number of benzene rings is 1. The molecule has 1 spiro atoms. The van der Waals surface area contributed by atoms with Crippen molar-refractivity contribution < 1.29 is 32.7 Å². The van der Waals surface area contributed by atoms with Gasteiger partial charge in [0.25, 0.3) is 0 Å². The zero-order chi connectivity index (χ0) is 23.1. The number of imidazole rings is 1. The number of fused-ring (bicyclic) bond motifs is 3. The molecule has 1 radical (unpaired) electrons. The molecular formula is C30H55N5Y-2. The quantitative estimate of drug-likeness (QED) is 0.293. The van der Waals surface area contributed by atoms with Crippen molar-refractivity contribution in [2.45, 2.75) is 118 Å². The third kappa shape index (κ3) is 7.57. The number of rotatable bonds is 3. The van der Waals surface area contributed by atoms with Crippen molar-refractivity contribution in [1.82, 2.24) is 14.6 Å². The minimum atomic E-state index is 0. The van der Waals surface area contributed by atoms with E-state index in [4.69, 9.17) is 10.8 Å². The van der Waals surface area contributed by atoms with Crippen LogP contribution in [0.5, 0.6) is 0 Å². The van der Waals surface area contributed by atoms with Crippen LogP contribution in [0.15, 0.2) is 36.5 Å². The van der Waals surface area contributed by atoms with Gasteiger partial charge in [-0.3, -0.25) is 0 Å². The molecule has 36 heavy (non-hydrogen) atoms. The average molecular weight is 575 g/mol. The summed E-state index contributed by atoms with van der Waals surface area (Å²) in [5, 5.41) is 0. The van der Waals surface area contributed by atoms with Crippen molar-refractivity contribution in [3.63, 3.8) is 0 Å². The monoisotopic (exact) mass is 574 g/mol. The zero-order valence-corrected chi connectivity index (χ0v) is 26.1. The summed E-state index contributed by atoms with van der Waals surface area (Å²) in [6, 6.07) is 8.78. The smallest absolute Gasteiger partial charge is 0.147 e. The van der Waals surface area contributed by atoms with Crippen molar-refractivity contribution in [1.29, 1.82) is 0 Å². The Morgan fingerprint density at radius 3 is 2.11 bits per heavy atom. The third-order valence-electron chi connectivity index (χ3n) is 7.74. The Morgan fingerprint density at radius 1 is 1.00 bits per heavy atom. The second-order valence-electron chi connectivity index (χ2n) is 9.99. The van der Waals surface area contributed by atoms with Crippen molar-refractivity contribution in [2.75, 3.05) is 5.84 Å². The Bertz CT molecular complexity index is 869. The minimum Gasteiger partial charge on any atom is -0.693 e. The maximum atomic E-state index is 6.37. The van der Waals surface area contributed by atoms with E-state index < -0.39 is 0 Å². The van der Waals surface area contributed by atoms with Crippen molar-refractivity contribution in [3.8, 4) is 0 Å². The first-order chi connectivity index (χ1) is 15.5. The molecule has 0 amide bonds. The molecule has 2 unspecified atom stereocenters. The molecule has 2 heterocycles. The number of nitrogens with zero attached hydrogens (tertiary/aromatic N) is 3. The topological polar surface area (TPSA) is 80.6 Å². The van der Waals surface area contributed by atoms with Crippen LogP contribution in [0.3, 0.4) is 0 Å². The molecule has 1 aromatic carbocycles. The number of allylic oxidation sites excluding steroid dienone is 1.